The number of esters is 3. The zero-order chi connectivity index (χ0) is 33.8. The molecule has 46 heavy (non-hydrogen) atoms. The zero-order valence-corrected chi connectivity index (χ0v) is 30.6. The summed E-state index contributed by atoms with van der Waals surface area (Å²) in [6.07, 6.45) is 35.0. The SMILES string of the molecule is CCCCCCC/C=C\CCCCCCCC(=O)OCC(COC(=O)CCCCCCCCC)OC(=O)CCCCCCCCC. The van der Waals surface area contributed by atoms with Gasteiger partial charge in [0, 0.05) is 19.3 Å². The Morgan fingerprint density at radius 1 is 0.413 bits per heavy atom. The Morgan fingerprint density at radius 2 is 0.717 bits per heavy atom. The van der Waals surface area contributed by atoms with Crippen LogP contribution in [-0.4, -0.2) is 37.2 Å². The number of ether oxygens (including phenoxy) is 3. The summed E-state index contributed by atoms with van der Waals surface area (Å²) in [5.74, 6) is -0.894. The normalized spacial score (nSPS) is 12.0. The van der Waals surface area contributed by atoms with Crippen LogP contribution in [0.4, 0.5) is 0 Å². The van der Waals surface area contributed by atoms with E-state index in [-0.39, 0.29) is 31.1 Å². The van der Waals surface area contributed by atoms with E-state index in [0.717, 1.165) is 64.2 Å². The maximum Gasteiger partial charge on any atom is 0.306 e. The first-order valence-electron chi connectivity index (χ1n) is 19.7. The van der Waals surface area contributed by atoms with Crippen LogP contribution < -0.4 is 0 Å². The van der Waals surface area contributed by atoms with Gasteiger partial charge in [-0.25, -0.2) is 0 Å². The first kappa shape index (κ1) is 44.1. The molecule has 0 aromatic carbocycles. The molecule has 0 bridgehead atoms. The molecule has 0 spiro atoms. The Morgan fingerprint density at radius 3 is 1.09 bits per heavy atom. The minimum atomic E-state index is -0.761. The Bertz CT molecular complexity index is 719. The fraction of sp³-hybridized carbons (Fsp3) is 0.875. The summed E-state index contributed by atoms with van der Waals surface area (Å²) in [5.41, 5.74) is 0. The molecule has 0 aliphatic rings. The third kappa shape index (κ3) is 33.5. The van der Waals surface area contributed by atoms with Crippen molar-refractivity contribution in [2.75, 3.05) is 13.2 Å². The second-order valence-electron chi connectivity index (χ2n) is 13.2. The number of hydrogen-bond acceptors (Lipinski definition) is 6. The highest BCUT2D eigenvalue weighted by Gasteiger charge is 2.19. The molecular formula is C40H74O6. The predicted molar refractivity (Wildman–Crippen MR) is 192 cm³/mol. The molecule has 0 heterocycles. The Labute approximate surface area is 284 Å². The summed E-state index contributed by atoms with van der Waals surface area (Å²) in [6.45, 7) is 6.52. The first-order valence-corrected chi connectivity index (χ1v) is 19.7. The third-order valence-corrected chi connectivity index (χ3v) is 8.52. The van der Waals surface area contributed by atoms with Crippen molar-refractivity contribution in [1.29, 1.82) is 0 Å². The molecule has 6 nitrogen and oxygen atoms in total. The van der Waals surface area contributed by atoms with Gasteiger partial charge in [0.2, 0.25) is 0 Å². The standard InChI is InChI=1S/C40H74O6/c1-4-7-10-13-16-17-18-19-20-21-22-25-27-30-33-39(42)45-36-37(46-40(43)34-31-28-24-15-12-9-6-3)35-44-38(41)32-29-26-23-14-11-8-5-2/h18-19,37H,4-17,20-36H2,1-3H3/b19-18-. The molecule has 6 heteroatoms. The lowest BCUT2D eigenvalue weighted by Gasteiger charge is -2.18. The van der Waals surface area contributed by atoms with E-state index >= 15 is 0 Å². The summed E-state index contributed by atoms with van der Waals surface area (Å²) in [4.78, 5) is 37.2. The van der Waals surface area contributed by atoms with E-state index in [2.05, 4.69) is 32.9 Å². The molecule has 0 aliphatic carbocycles. The van der Waals surface area contributed by atoms with E-state index in [1.807, 2.05) is 0 Å². The van der Waals surface area contributed by atoms with Gasteiger partial charge in [0.15, 0.2) is 6.10 Å². The molecule has 1 unspecified atom stereocenters. The molecule has 0 saturated carbocycles. The number of unbranched alkanes of at least 4 members (excludes halogenated alkanes) is 22. The summed E-state index contributed by atoms with van der Waals surface area (Å²) in [5, 5.41) is 0. The van der Waals surface area contributed by atoms with Gasteiger partial charge in [0.05, 0.1) is 0 Å². The van der Waals surface area contributed by atoms with E-state index in [9.17, 15) is 14.4 Å². The fourth-order valence-corrected chi connectivity index (χ4v) is 5.49. The van der Waals surface area contributed by atoms with E-state index in [1.54, 1.807) is 0 Å². The minimum absolute atomic E-state index is 0.0708. The van der Waals surface area contributed by atoms with Crippen molar-refractivity contribution >= 4 is 17.9 Å². The summed E-state index contributed by atoms with van der Waals surface area (Å²) >= 11 is 0. The second kappa shape index (κ2) is 36.0. The Balaban J connectivity index is 4.27. The van der Waals surface area contributed by atoms with Gasteiger partial charge in [-0.3, -0.25) is 14.4 Å². The number of rotatable bonds is 35. The van der Waals surface area contributed by atoms with Crippen LogP contribution in [0.2, 0.25) is 0 Å². The number of hydrogen-bond donors (Lipinski definition) is 0. The highest BCUT2D eigenvalue weighted by atomic mass is 16.6. The van der Waals surface area contributed by atoms with Crippen LogP contribution in [0, 0.1) is 0 Å². The molecule has 0 radical (unpaired) electrons. The largest absolute Gasteiger partial charge is 0.462 e. The Kier molecular flexibility index (Phi) is 34.5. The van der Waals surface area contributed by atoms with Crippen molar-refractivity contribution in [3.8, 4) is 0 Å². The Hall–Kier alpha value is -1.85. The summed E-state index contributed by atoms with van der Waals surface area (Å²) in [6, 6.07) is 0. The van der Waals surface area contributed by atoms with Crippen molar-refractivity contribution in [1.82, 2.24) is 0 Å². The van der Waals surface area contributed by atoms with E-state index < -0.39 is 6.10 Å². The number of carbonyl (C=O) groups is 3. The van der Waals surface area contributed by atoms with Gasteiger partial charge >= 0.3 is 17.9 Å². The van der Waals surface area contributed by atoms with Crippen LogP contribution >= 0.6 is 0 Å². The van der Waals surface area contributed by atoms with Gasteiger partial charge in [0.1, 0.15) is 13.2 Å². The highest BCUT2D eigenvalue weighted by molar-refractivity contribution is 5.71. The van der Waals surface area contributed by atoms with Crippen molar-refractivity contribution in [3.05, 3.63) is 12.2 Å². The number of allylic oxidation sites excluding steroid dienone is 2. The zero-order valence-electron chi connectivity index (χ0n) is 30.6. The lowest BCUT2D eigenvalue weighted by molar-refractivity contribution is -0.167. The maximum absolute atomic E-state index is 12.5. The van der Waals surface area contributed by atoms with Crippen molar-refractivity contribution < 1.29 is 28.6 Å². The molecule has 0 N–H and O–H groups in total. The maximum atomic E-state index is 12.5. The monoisotopic (exact) mass is 651 g/mol. The van der Waals surface area contributed by atoms with Crippen LogP contribution in [0.15, 0.2) is 12.2 Å². The van der Waals surface area contributed by atoms with Gasteiger partial charge in [-0.1, -0.05) is 155 Å². The van der Waals surface area contributed by atoms with Gasteiger partial charge < -0.3 is 14.2 Å². The van der Waals surface area contributed by atoms with Crippen molar-refractivity contribution in [2.45, 2.75) is 213 Å². The molecule has 270 valence electrons. The molecule has 0 aromatic rings. The fourth-order valence-electron chi connectivity index (χ4n) is 5.49. The molecule has 0 amide bonds. The minimum Gasteiger partial charge on any atom is -0.462 e. The highest BCUT2D eigenvalue weighted by Crippen LogP contribution is 2.13. The molecular weight excluding hydrogens is 576 g/mol. The van der Waals surface area contributed by atoms with Gasteiger partial charge in [0.25, 0.3) is 0 Å². The predicted octanol–water partition coefficient (Wildman–Crippen LogP) is 11.9. The van der Waals surface area contributed by atoms with Crippen molar-refractivity contribution in [3.63, 3.8) is 0 Å². The topological polar surface area (TPSA) is 78.9 Å². The lowest BCUT2D eigenvalue weighted by atomic mass is 10.1. The van der Waals surface area contributed by atoms with E-state index in [4.69, 9.17) is 14.2 Å². The molecule has 0 fully saturated rings. The molecule has 0 saturated heterocycles. The van der Waals surface area contributed by atoms with Gasteiger partial charge in [-0.05, 0) is 44.9 Å². The second-order valence-corrected chi connectivity index (χ2v) is 13.2. The van der Waals surface area contributed by atoms with Crippen LogP contribution in [0.3, 0.4) is 0 Å². The van der Waals surface area contributed by atoms with Gasteiger partial charge in [-0.15, -0.1) is 0 Å². The molecule has 0 rings (SSSR count). The summed E-state index contributed by atoms with van der Waals surface area (Å²) < 4.78 is 16.5. The van der Waals surface area contributed by atoms with E-state index in [1.165, 1.54) is 103 Å². The molecule has 0 aliphatic heterocycles. The smallest absolute Gasteiger partial charge is 0.306 e. The van der Waals surface area contributed by atoms with E-state index in [0.29, 0.717) is 19.3 Å². The van der Waals surface area contributed by atoms with Gasteiger partial charge in [-0.2, -0.15) is 0 Å². The van der Waals surface area contributed by atoms with Crippen LogP contribution in [0.1, 0.15) is 207 Å². The summed E-state index contributed by atoms with van der Waals surface area (Å²) in [7, 11) is 0. The average molecular weight is 651 g/mol. The third-order valence-electron chi connectivity index (χ3n) is 8.52. The lowest BCUT2D eigenvalue weighted by Crippen LogP contribution is -2.30. The van der Waals surface area contributed by atoms with Crippen molar-refractivity contribution in [2.24, 2.45) is 0 Å². The van der Waals surface area contributed by atoms with Crippen LogP contribution in [0.5, 0.6) is 0 Å². The molecule has 0 aromatic heterocycles. The van der Waals surface area contributed by atoms with Crippen LogP contribution in [-0.2, 0) is 28.6 Å². The number of carbonyl (C=O) groups excluding carboxylic acids is 3. The quantitative estimate of drug-likeness (QED) is 0.0294. The van der Waals surface area contributed by atoms with Crippen LogP contribution in [0.25, 0.3) is 0 Å². The average Bonchev–Trinajstić information content (AvgIpc) is 3.05. The first-order chi connectivity index (χ1) is 22.5. The molecule has 1 atom stereocenters.